The second-order valence-corrected chi connectivity index (χ2v) is 5.27. The summed E-state index contributed by atoms with van der Waals surface area (Å²) in [5.74, 6) is -0.326. The van der Waals surface area contributed by atoms with E-state index in [0.717, 1.165) is 30.5 Å². The van der Waals surface area contributed by atoms with Crippen LogP contribution >= 0.6 is 0 Å². The lowest BCUT2D eigenvalue weighted by Gasteiger charge is -2.10. The van der Waals surface area contributed by atoms with Crippen molar-refractivity contribution in [3.63, 3.8) is 0 Å². The van der Waals surface area contributed by atoms with Crippen LogP contribution < -0.4 is 10.6 Å². The maximum absolute atomic E-state index is 11.8. The number of carbonyl (C=O) groups excluding carboxylic acids is 2. The van der Waals surface area contributed by atoms with Crippen LogP contribution in [0.15, 0.2) is 34.7 Å². The van der Waals surface area contributed by atoms with Crippen molar-refractivity contribution in [3.05, 3.63) is 34.7 Å². The summed E-state index contributed by atoms with van der Waals surface area (Å²) >= 11 is 0. The van der Waals surface area contributed by atoms with Crippen LogP contribution in [0, 0.1) is 0 Å². The van der Waals surface area contributed by atoms with Gasteiger partial charge in [-0.15, -0.1) is 0 Å². The van der Waals surface area contributed by atoms with E-state index in [1.165, 1.54) is 31.9 Å². The van der Waals surface area contributed by atoms with E-state index in [9.17, 15) is 9.59 Å². The van der Waals surface area contributed by atoms with Gasteiger partial charge in [0.05, 0.1) is 16.8 Å². The van der Waals surface area contributed by atoms with Crippen LogP contribution in [0.5, 0.6) is 0 Å². The minimum absolute atomic E-state index is 0.163. The number of hydrogen-bond acceptors (Lipinski definition) is 2. The maximum Gasteiger partial charge on any atom is 0.258 e. The van der Waals surface area contributed by atoms with E-state index >= 15 is 0 Å². The molecule has 0 spiro atoms. The molecule has 19 heavy (non-hydrogen) atoms. The minimum Gasteiger partial charge on any atom is -0.328 e. The van der Waals surface area contributed by atoms with Crippen LogP contribution in [0.3, 0.4) is 0 Å². The first-order valence-electron chi connectivity index (χ1n) is 7.04. The van der Waals surface area contributed by atoms with Gasteiger partial charge in [0.15, 0.2) is 0 Å². The van der Waals surface area contributed by atoms with Gasteiger partial charge in [-0.25, -0.2) is 0 Å². The Morgan fingerprint density at radius 1 is 0.947 bits per heavy atom. The standard InChI is InChI=1S/C15H18N2O2/c18-14-11-9-16-15(19)12(11)13(17-14)10-7-5-3-1-2-4-6-8-10/h7,9H,1-6,8H2,(H,16,19)(H,17,18)/b10-7+. The first kappa shape index (κ1) is 12.2. The van der Waals surface area contributed by atoms with Crippen LogP contribution in [-0.4, -0.2) is 11.8 Å². The summed E-state index contributed by atoms with van der Waals surface area (Å²) < 4.78 is 0. The van der Waals surface area contributed by atoms with Gasteiger partial charge in [0.2, 0.25) is 0 Å². The van der Waals surface area contributed by atoms with Gasteiger partial charge in [0.1, 0.15) is 0 Å². The first-order valence-corrected chi connectivity index (χ1v) is 7.04. The second kappa shape index (κ2) is 5.03. The summed E-state index contributed by atoms with van der Waals surface area (Å²) in [5.41, 5.74) is 2.90. The van der Waals surface area contributed by atoms with E-state index in [0.29, 0.717) is 11.1 Å². The molecule has 0 saturated heterocycles. The van der Waals surface area contributed by atoms with Crippen molar-refractivity contribution in [2.75, 3.05) is 0 Å². The fourth-order valence-corrected chi connectivity index (χ4v) is 2.91. The van der Waals surface area contributed by atoms with E-state index in [2.05, 4.69) is 16.7 Å². The number of amides is 2. The lowest BCUT2D eigenvalue weighted by Crippen LogP contribution is -2.20. The molecule has 2 amide bonds. The molecule has 0 aromatic carbocycles. The average Bonchev–Trinajstić information content (AvgIpc) is 2.95. The molecule has 0 aromatic rings. The molecule has 1 aliphatic carbocycles. The Hall–Kier alpha value is -1.84. The third-order valence-electron chi connectivity index (χ3n) is 3.94. The molecule has 2 N–H and O–H groups in total. The predicted molar refractivity (Wildman–Crippen MR) is 71.8 cm³/mol. The topological polar surface area (TPSA) is 58.2 Å². The molecule has 100 valence electrons. The van der Waals surface area contributed by atoms with Gasteiger partial charge in [-0.3, -0.25) is 9.59 Å². The zero-order valence-electron chi connectivity index (χ0n) is 10.9. The summed E-state index contributed by atoms with van der Waals surface area (Å²) in [6.45, 7) is 0. The van der Waals surface area contributed by atoms with Crippen LogP contribution in [0.2, 0.25) is 0 Å². The lowest BCUT2D eigenvalue weighted by atomic mass is 10.00. The molecule has 0 unspecified atom stereocenters. The van der Waals surface area contributed by atoms with Crippen LogP contribution in [0.25, 0.3) is 0 Å². The van der Waals surface area contributed by atoms with Gasteiger partial charge >= 0.3 is 0 Å². The Labute approximate surface area is 112 Å². The van der Waals surface area contributed by atoms with E-state index < -0.39 is 0 Å². The van der Waals surface area contributed by atoms with Crippen LogP contribution in [0.4, 0.5) is 0 Å². The molecular formula is C15H18N2O2. The number of rotatable bonds is 1. The predicted octanol–water partition coefficient (Wildman–Crippen LogP) is 2.05. The van der Waals surface area contributed by atoms with Gasteiger partial charge in [-0.05, 0) is 31.3 Å². The Morgan fingerprint density at radius 2 is 1.74 bits per heavy atom. The second-order valence-electron chi connectivity index (χ2n) is 5.27. The minimum atomic E-state index is -0.163. The zero-order chi connectivity index (χ0) is 13.2. The highest BCUT2D eigenvalue weighted by Gasteiger charge is 2.36. The maximum atomic E-state index is 11.8. The van der Waals surface area contributed by atoms with E-state index in [-0.39, 0.29) is 11.8 Å². The van der Waals surface area contributed by atoms with E-state index in [1.807, 2.05) is 0 Å². The van der Waals surface area contributed by atoms with Crippen molar-refractivity contribution < 1.29 is 9.59 Å². The molecule has 3 rings (SSSR count). The molecule has 0 bridgehead atoms. The summed E-state index contributed by atoms with van der Waals surface area (Å²) in [4.78, 5) is 23.7. The number of allylic oxidation sites excluding steroid dienone is 2. The van der Waals surface area contributed by atoms with E-state index in [4.69, 9.17) is 0 Å². The number of nitrogens with one attached hydrogen (secondary N) is 2. The first-order chi connectivity index (χ1) is 9.27. The van der Waals surface area contributed by atoms with Crippen LogP contribution in [-0.2, 0) is 9.59 Å². The molecule has 4 heteroatoms. The number of fused-ring (bicyclic) bond motifs is 1. The average molecular weight is 258 g/mol. The van der Waals surface area contributed by atoms with Crippen molar-refractivity contribution in [3.8, 4) is 0 Å². The highest BCUT2D eigenvalue weighted by atomic mass is 16.2. The normalized spacial score (nSPS) is 26.5. The molecule has 4 nitrogen and oxygen atoms in total. The Kier molecular flexibility index (Phi) is 3.23. The van der Waals surface area contributed by atoms with Crippen molar-refractivity contribution in [1.82, 2.24) is 10.6 Å². The Morgan fingerprint density at radius 3 is 2.63 bits per heavy atom. The molecule has 3 aliphatic rings. The van der Waals surface area contributed by atoms with E-state index in [1.54, 1.807) is 0 Å². The van der Waals surface area contributed by atoms with Crippen LogP contribution in [0.1, 0.15) is 44.9 Å². The quantitative estimate of drug-likeness (QED) is 0.756. The molecular weight excluding hydrogens is 240 g/mol. The van der Waals surface area contributed by atoms with Gasteiger partial charge in [-0.1, -0.05) is 25.3 Å². The van der Waals surface area contributed by atoms with Crippen molar-refractivity contribution in [1.29, 1.82) is 0 Å². The Balaban J connectivity index is 1.93. The fourth-order valence-electron chi connectivity index (χ4n) is 2.91. The highest BCUT2D eigenvalue weighted by molar-refractivity contribution is 6.19. The molecule has 0 radical (unpaired) electrons. The molecule has 2 heterocycles. The molecule has 0 atom stereocenters. The Bertz CT molecular complexity index is 526. The number of hydrogen-bond donors (Lipinski definition) is 2. The monoisotopic (exact) mass is 258 g/mol. The summed E-state index contributed by atoms with van der Waals surface area (Å²) in [5, 5.41) is 5.48. The summed E-state index contributed by atoms with van der Waals surface area (Å²) in [6.07, 6.45) is 11.8. The smallest absolute Gasteiger partial charge is 0.258 e. The van der Waals surface area contributed by atoms with Gasteiger partial charge in [-0.2, -0.15) is 0 Å². The fraction of sp³-hybridized carbons (Fsp3) is 0.467. The third kappa shape index (κ3) is 2.23. The zero-order valence-corrected chi connectivity index (χ0v) is 10.9. The lowest BCUT2D eigenvalue weighted by molar-refractivity contribution is -0.117. The van der Waals surface area contributed by atoms with Crippen molar-refractivity contribution in [2.45, 2.75) is 44.9 Å². The molecule has 0 fully saturated rings. The van der Waals surface area contributed by atoms with Gasteiger partial charge in [0, 0.05) is 6.20 Å². The summed E-state index contributed by atoms with van der Waals surface area (Å²) in [6, 6.07) is 0. The number of carbonyl (C=O) groups is 2. The largest absolute Gasteiger partial charge is 0.328 e. The molecule has 0 aromatic heterocycles. The molecule has 0 saturated carbocycles. The van der Waals surface area contributed by atoms with Crippen molar-refractivity contribution >= 4 is 11.8 Å². The van der Waals surface area contributed by atoms with Gasteiger partial charge < -0.3 is 10.6 Å². The van der Waals surface area contributed by atoms with Gasteiger partial charge in [0.25, 0.3) is 11.8 Å². The highest BCUT2D eigenvalue weighted by Crippen LogP contribution is 2.32. The SMILES string of the molecule is O=C1NC(/C2=C/CCCCCCC2)=C2C(=O)NC=C12. The summed E-state index contributed by atoms with van der Waals surface area (Å²) in [7, 11) is 0. The van der Waals surface area contributed by atoms with Crippen molar-refractivity contribution in [2.24, 2.45) is 0 Å². The molecule has 2 aliphatic heterocycles. The third-order valence-corrected chi connectivity index (χ3v) is 3.94.